The second-order valence-corrected chi connectivity index (χ2v) is 5.62. The first-order valence-electron chi connectivity index (χ1n) is 6.80. The van der Waals surface area contributed by atoms with Crippen LogP contribution >= 0.6 is 11.3 Å². The van der Waals surface area contributed by atoms with Crippen molar-refractivity contribution < 1.29 is 4.79 Å². The molecule has 0 unspecified atom stereocenters. The minimum absolute atomic E-state index is 0.236. The monoisotopic (exact) mass is 287 g/mol. The number of nitrogens with one attached hydrogen (secondary N) is 1. The molecular formula is C15H17N3OS. The summed E-state index contributed by atoms with van der Waals surface area (Å²) in [5, 5.41) is 5.42. The average Bonchev–Trinajstić information content (AvgIpc) is 3.11. The molecule has 1 amide bonds. The zero-order valence-electron chi connectivity index (χ0n) is 11.2. The van der Waals surface area contributed by atoms with Gasteiger partial charge < -0.3 is 10.2 Å². The van der Waals surface area contributed by atoms with Crippen LogP contribution in [0.5, 0.6) is 0 Å². The first kappa shape index (κ1) is 13.3. The Balaban J connectivity index is 1.54. The molecule has 0 spiro atoms. The lowest BCUT2D eigenvalue weighted by Gasteiger charge is -2.16. The number of amides is 1. The van der Waals surface area contributed by atoms with E-state index >= 15 is 0 Å². The third-order valence-electron chi connectivity index (χ3n) is 3.44. The molecule has 1 aliphatic rings. The van der Waals surface area contributed by atoms with E-state index in [1.165, 1.54) is 5.56 Å². The molecule has 0 atom stereocenters. The van der Waals surface area contributed by atoms with Gasteiger partial charge >= 0.3 is 0 Å². The first-order chi connectivity index (χ1) is 9.83. The smallest absolute Gasteiger partial charge is 0.227 e. The molecule has 20 heavy (non-hydrogen) atoms. The van der Waals surface area contributed by atoms with Crippen molar-refractivity contribution >= 4 is 22.9 Å². The van der Waals surface area contributed by atoms with Gasteiger partial charge in [-0.2, -0.15) is 0 Å². The van der Waals surface area contributed by atoms with Crippen molar-refractivity contribution in [1.29, 1.82) is 0 Å². The van der Waals surface area contributed by atoms with Gasteiger partial charge in [0.2, 0.25) is 5.91 Å². The van der Waals surface area contributed by atoms with E-state index in [2.05, 4.69) is 27.8 Å². The maximum Gasteiger partial charge on any atom is 0.227 e. The van der Waals surface area contributed by atoms with Gasteiger partial charge in [-0.15, -0.1) is 11.3 Å². The quantitative estimate of drug-likeness (QED) is 0.919. The zero-order valence-corrected chi connectivity index (χ0v) is 12.0. The molecule has 2 aromatic rings. The topological polar surface area (TPSA) is 45.2 Å². The minimum atomic E-state index is 0.236. The Bertz CT molecular complexity index is 565. The fourth-order valence-electron chi connectivity index (χ4n) is 2.37. The summed E-state index contributed by atoms with van der Waals surface area (Å²) < 4.78 is 0. The number of hydrogen-bond donors (Lipinski definition) is 1. The summed E-state index contributed by atoms with van der Waals surface area (Å²) in [6.45, 7) is 2.45. The number of carbonyl (C=O) groups is 1. The average molecular weight is 287 g/mol. The predicted octanol–water partition coefficient (Wildman–Crippen LogP) is 2.56. The number of hydrogen-bond acceptors (Lipinski definition) is 4. The third kappa shape index (κ3) is 3.05. The molecule has 0 saturated carbocycles. The van der Waals surface area contributed by atoms with Crippen molar-refractivity contribution in [2.45, 2.75) is 25.9 Å². The van der Waals surface area contributed by atoms with Gasteiger partial charge in [0.1, 0.15) is 0 Å². The van der Waals surface area contributed by atoms with Crippen LogP contribution in [0.1, 0.15) is 24.1 Å². The Morgan fingerprint density at radius 2 is 2.10 bits per heavy atom. The van der Waals surface area contributed by atoms with E-state index < -0.39 is 0 Å². The van der Waals surface area contributed by atoms with E-state index in [-0.39, 0.29) is 5.91 Å². The lowest BCUT2D eigenvalue weighted by molar-refractivity contribution is -0.117. The van der Waals surface area contributed by atoms with Crippen molar-refractivity contribution in [3.8, 4) is 0 Å². The van der Waals surface area contributed by atoms with E-state index in [1.807, 2.05) is 22.5 Å². The Hall–Kier alpha value is -1.72. The molecule has 0 aliphatic carbocycles. The number of thiazole rings is 1. The molecule has 1 saturated heterocycles. The first-order valence-corrected chi connectivity index (χ1v) is 7.74. The van der Waals surface area contributed by atoms with Crippen LogP contribution in [0, 0.1) is 0 Å². The summed E-state index contributed by atoms with van der Waals surface area (Å²) in [6.07, 6.45) is 1.65. The van der Waals surface area contributed by atoms with Crippen LogP contribution in [0.3, 0.4) is 0 Å². The molecule has 1 aromatic heterocycles. The number of carbonyl (C=O) groups excluding carboxylic acids is 1. The van der Waals surface area contributed by atoms with Crippen molar-refractivity contribution in [2.24, 2.45) is 0 Å². The number of nitrogens with zero attached hydrogens (tertiary/aromatic N) is 2. The summed E-state index contributed by atoms with van der Waals surface area (Å²) >= 11 is 1.61. The molecule has 2 heterocycles. The van der Waals surface area contributed by atoms with Gasteiger partial charge in [0, 0.05) is 37.1 Å². The van der Waals surface area contributed by atoms with E-state index in [4.69, 9.17) is 0 Å². The van der Waals surface area contributed by atoms with Gasteiger partial charge in [-0.05, 0) is 24.1 Å². The number of anilines is 1. The zero-order chi connectivity index (χ0) is 13.8. The highest BCUT2D eigenvalue weighted by molar-refractivity contribution is 7.07. The Morgan fingerprint density at radius 3 is 2.75 bits per heavy atom. The highest BCUT2D eigenvalue weighted by Gasteiger charge is 2.21. The van der Waals surface area contributed by atoms with Crippen LogP contribution in [0.25, 0.3) is 0 Å². The lowest BCUT2D eigenvalue weighted by Crippen LogP contribution is -2.23. The van der Waals surface area contributed by atoms with Crippen LogP contribution in [-0.2, 0) is 17.9 Å². The van der Waals surface area contributed by atoms with E-state index in [9.17, 15) is 4.79 Å². The minimum Gasteiger partial charge on any atom is -0.312 e. The van der Waals surface area contributed by atoms with Crippen molar-refractivity contribution in [3.05, 3.63) is 46.4 Å². The molecule has 0 radical (unpaired) electrons. The Morgan fingerprint density at radius 1 is 1.25 bits per heavy atom. The normalized spacial score (nSPS) is 15.0. The van der Waals surface area contributed by atoms with Crippen molar-refractivity contribution in [3.63, 3.8) is 0 Å². The maximum absolute atomic E-state index is 11.7. The SMILES string of the molecule is O=C1CCCN1c1ccc(CNCc2cscn2)cc1. The van der Waals surface area contributed by atoms with Crippen LogP contribution in [0.4, 0.5) is 5.69 Å². The highest BCUT2D eigenvalue weighted by atomic mass is 32.1. The molecule has 104 valence electrons. The summed E-state index contributed by atoms with van der Waals surface area (Å²) in [6, 6.07) is 8.22. The van der Waals surface area contributed by atoms with E-state index in [0.717, 1.165) is 37.4 Å². The standard InChI is InChI=1S/C15H17N3OS/c19-15-2-1-7-18(15)14-5-3-12(4-6-14)8-16-9-13-10-20-11-17-13/h3-6,10-11,16H,1-2,7-9H2. The Kier molecular flexibility index (Phi) is 4.08. The van der Waals surface area contributed by atoms with Gasteiger partial charge in [-0.3, -0.25) is 4.79 Å². The number of benzene rings is 1. The Labute approximate surface area is 122 Å². The molecular weight excluding hydrogens is 270 g/mol. The van der Waals surface area contributed by atoms with Gasteiger partial charge in [0.15, 0.2) is 0 Å². The molecule has 1 aromatic carbocycles. The van der Waals surface area contributed by atoms with Crippen molar-refractivity contribution in [1.82, 2.24) is 10.3 Å². The maximum atomic E-state index is 11.7. The van der Waals surface area contributed by atoms with Crippen LogP contribution < -0.4 is 10.2 Å². The highest BCUT2D eigenvalue weighted by Crippen LogP contribution is 2.21. The summed E-state index contributed by atoms with van der Waals surface area (Å²) in [4.78, 5) is 17.8. The predicted molar refractivity (Wildman–Crippen MR) is 80.7 cm³/mol. The summed E-state index contributed by atoms with van der Waals surface area (Å²) in [5.74, 6) is 0.236. The molecule has 3 rings (SSSR count). The van der Waals surface area contributed by atoms with Gasteiger partial charge in [0.05, 0.1) is 11.2 Å². The van der Waals surface area contributed by atoms with E-state index in [1.54, 1.807) is 11.3 Å². The summed E-state index contributed by atoms with van der Waals surface area (Å²) in [7, 11) is 0. The van der Waals surface area contributed by atoms with Gasteiger partial charge in [-0.25, -0.2) is 4.98 Å². The molecule has 0 bridgehead atoms. The molecule has 1 N–H and O–H groups in total. The lowest BCUT2D eigenvalue weighted by atomic mass is 10.2. The van der Waals surface area contributed by atoms with E-state index in [0.29, 0.717) is 6.42 Å². The number of rotatable bonds is 5. The van der Waals surface area contributed by atoms with Crippen LogP contribution in [0.2, 0.25) is 0 Å². The van der Waals surface area contributed by atoms with Gasteiger partial charge in [0.25, 0.3) is 0 Å². The fourth-order valence-corrected chi connectivity index (χ4v) is 2.93. The molecule has 5 heteroatoms. The van der Waals surface area contributed by atoms with Crippen LogP contribution in [0.15, 0.2) is 35.2 Å². The summed E-state index contributed by atoms with van der Waals surface area (Å²) in [5.41, 5.74) is 5.15. The molecule has 1 aliphatic heterocycles. The third-order valence-corrected chi connectivity index (χ3v) is 4.08. The fraction of sp³-hybridized carbons (Fsp3) is 0.333. The van der Waals surface area contributed by atoms with Crippen molar-refractivity contribution in [2.75, 3.05) is 11.4 Å². The second kappa shape index (κ2) is 6.15. The molecule has 1 fully saturated rings. The molecule has 4 nitrogen and oxygen atoms in total. The second-order valence-electron chi connectivity index (χ2n) is 4.90. The van der Waals surface area contributed by atoms with Crippen LogP contribution in [-0.4, -0.2) is 17.4 Å². The largest absolute Gasteiger partial charge is 0.312 e. The van der Waals surface area contributed by atoms with Gasteiger partial charge in [-0.1, -0.05) is 12.1 Å². The number of aromatic nitrogens is 1.